The molecule has 0 bridgehead atoms. The molecule has 1 heterocycles. The predicted molar refractivity (Wildman–Crippen MR) is 137 cm³/mol. The first-order valence-corrected chi connectivity index (χ1v) is 12.4. The molecule has 0 saturated carbocycles. The molecule has 0 N–H and O–H groups in total. The summed E-state index contributed by atoms with van der Waals surface area (Å²) in [5.74, 6) is 0. The minimum absolute atomic E-state index is 0.431. The summed E-state index contributed by atoms with van der Waals surface area (Å²) in [5.41, 5.74) is 7.38. The van der Waals surface area contributed by atoms with Crippen LogP contribution in [0.4, 0.5) is 11.4 Å². The van der Waals surface area contributed by atoms with Gasteiger partial charge in [0.25, 0.3) is 0 Å². The molecule has 0 saturated heterocycles. The summed E-state index contributed by atoms with van der Waals surface area (Å²) in [6, 6.07) is 26.8. The zero-order chi connectivity index (χ0) is 21.4. The van der Waals surface area contributed by atoms with Crippen molar-refractivity contribution in [2.24, 2.45) is 0 Å². The van der Waals surface area contributed by atoms with Gasteiger partial charge < -0.3 is 9.80 Å². The number of hydrogen-bond acceptors (Lipinski definition) is 2. The summed E-state index contributed by atoms with van der Waals surface area (Å²) in [7, 11) is 1.70. The van der Waals surface area contributed by atoms with Crippen LogP contribution in [-0.4, -0.2) is 25.9 Å². The lowest BCUT2D eigenvalue weighted by Crippen LogP contribution is -2.32. The van der Waals surface area contributed by atoms with Gasteiger partial charge in [-0.3, -0.25) is 0 Å². The van der Waals surface area contributed by atoms with E-state index in [-0.39, 0.29) is 0 Å². The monoisotopic (exact) mass is 424 g/mol. The third-order valence-corrected chi connectivity index (χ3v) is 9.20. The van der Waals surface area contributed by atoms with E-state index < -0.39 is 7.92 Å². The molecule has 3 aromatic rings. The van der Waals surface area contributed by atoms with Crippen molar-refractivity contribution >= 4 is 29.9 Å². The molecule has 1 atom stereocenters. The molecule has 0 amide bonds. The second-order valence-corrected chi connectivity index (χ2v) is 10.9. The Morgan fingerprint density at radius 3 is 2.03 bits per heavy atom. The highest BCUT2D eigenvalue weighted by Gasteiger charge is 2.31. The summed E-state index contributed by atoms with van der Waals surface area (Å²) in [6.07, 6.45) is 7.04. The van der Waals surface area contributed by atoms with Crippen molar-refractivity contribution in [2.45, 2.75) is 19.5 Å². The molecule has 3 heteroatoms. The number of benzene rings is 3. The quantitative estimate of drug-likeness (QED) is 0.498. The first-order valence-electron chi connectivity index (χ1n) is 11.0. The van der Waals surface area contributed by atoms with Gasteiger partial charge >= 0.3 is 0 Å². The second-order valence-electron chi connectivity index (χ2n) is 8.57. The molecule has 2 aliphatic rings. The zero-order valence-electron chi connectivity index (χ0n) is 18.5. The van der Waals surface area contributed by atoms with Gasteiger partial charge in [-0.05, 0) is 61.2 Å². The molecule has 0 radical (unpaired) electrons. The van der Waals surface area contributed by atoms with Crippen LogP contribution in [-0.2, 0) is 0 Å². The van der Waals surface area contributed by atoms with Gasteiger partial charge in [0.2, 0.25) is 0 Å². The van der Waals surface area contributed by atoms with Gasteiger partial charge in [0.1, 0.15) is 0 Å². The van der Waals surface area contributed by atoms with Crippen LogP contribution >= 0.6 is 7.92 Å². The fraction of sp³-hybridized carbons (Fsp3) is 0.214. The minimum Gasteiger partial charge on any atom is -0.355 e. The highest BCUT2D eigenvalue weighted by molar-refractivity contribution is 7.74. The first-order chi connectivity index (χ1) is 15.1. The van der Waals surface area contributed by atoms with E-state index in [0.29, 0.717) is 5.66 Å². The SMILES string of the molecule is Cc1cc2c(cc1C)N(CC1=CC=CC1P(c1ccccc1)c1ccccc1)CN2C. The smallest absolute Gasteiger partial charge is 0.0904 e. The average Bonchev–Trinajstić information content (AvgIpc) is 3.35. The van der Waals surface area contributed by atoms with Crippen molar-refractivity contribution in [1.29, 1.82) is 0 Å². The summed E-state index contributed by atoms with van der Waals surface area (Å²) >= 11 is 0. The van der Waals surface area contributed by atoms with Crippen molar-refractivity contribution in [3.63, 3.8) is 0 Å². The van der Waals surface area contributed by atoms with Gasteiger partial charge in [-0.1, -0.05) is 78.9 Å². The number of rotatable bonds is 5. The Kier molecular flexibility index (Phi) is 5.42. The predicted octanol–water partition coefficient (Wildman–Crippen LogP) is 5.51. The summed E-state index contributed by atoms with van der Waals surface area (Å²) in [4.78, 5) is 4.91. The average molecular weight is 425 g/mol. The van der Waals surface area contributed by atoms with Gasteiger partial charge in [0.15, 0.2) is 0 Å². The number of allylic oxidation sites excluding steroid dienone is 3. The van der Waals surface area contributed by atoms with Crippen LogP contribution in [0.5, 0.6) is 0 Å². The van der Waals surface area contributed by atoms with Crippen LogP contribution < -0.4 is 20.4 Å². The zero-order valence-corrected chi connectivity index (χ0v) is 19.4. The van der Waals surface area contributed by atoms with E-state index in [4.69, 9.17) is 0 Å². The third kappa shape index (κ3) is 3.82. The van der Waals surface area contributed by atoms with Gasteiger partial charge in [-0.25, -0.2) is 0 Å². The lowest BCUT2D eigenvalue weighted by molar-refractivity contribution is 0.848. The Labute approximate surface area is 187 Å². The molecule has 0 spiro atoms. The van der Waals surface area contributed by atoms with Crippen LogP contribution in [0.25, 0.3) is 0 Å². The molecule has 31 heavy (non-hydrogen) atoms. The largest absolute Gasteiger partial charge is 0.355 e. The molecule has 1 unspecified atom stereocenters. The lowest BCUT2D eigenvalue weighted by atomic mass is 10.1. The van der Waals surface area contributed by atoms with E-state index in [0.717, 1.165) is 13.2 Å². The van der Waals surface area contributed by atoms with Crippen molar-refractivity contribution in [3.8, 4) is 0 Å². The summed E-state index contributed by atoms with van der Waals surface area (Å²) < 4.78 is 0. The van der Waals surface area contributed by atoms with Crippen molar-refractivity contribution in [2.75, 3.05) is 30.1 Å². The fourth-order valence-electron chi connectivity index (χ4n) is 4.66. The fourth-order valence-corrected chi connectivity index (χ4v) is 7.36. The van der Waals surface area contributed by atoms with E-state index in [1.165, 1.54) is 38.7 Å². The van der Waals surface area contributed by atoms with E-state index in [2.05, 4.69) is 122 Å². The molecule has 1 aliphatic carbocycles. The number of nitrogens with zero attached hydrogens (tertiary/aromatic N) is 2. The van der Waals surface area contributed by atoms with Crippen LogP contribution in [0, 0.1) is 13.8 Å². The van der Waals surface area contributed by atoms with Crippen molar-refractivity contribution in [1.82, 2.24) is 0 Å². The van der Waals surface area contributed by atoms with Gasteiger partial charge in [0, 0.05) is 19.3 Å². The van der Waals surface area contributed by atoms with Crippen molar-refractivity contribution < 1.29 is 0 Å². The molecular formula is C28H29N2P. The molecule has 2 nitrogen and oxygen atoms in total. The standard InChI is InChI=1S/C28H29N2P/c1-21-17-26-27(18-22(21)2)30(20-29(26)3)19-23-11-10-16-28(23)31(24-12-6-4-7-13-24)25-14-8-5-9-15-25/h4-18,28H,19-20H2,1-3H3. The van der Waals surface area contributed by atoms with Crippen LogP contribution in [0.2, 0.25) is 0 Å². The lowest BCUT2D eigenvalue weighted by Gasteiger charge is -2.29. The topological polar surface area (TPSA) is 6.48 Å². The van der Waals surface area contributed by atoms with E-state index in [1.807, 2.05) is 0 Å². The van der Waals surface area contributed by atoms with Crippen molar-refractivity contribution in [3.05, 3.63) is 108 Å². The van der Waals surface area contributed by atoms with Gasteiger partial charge in [-0.15, -0.1) is 0 Å². The highest BCUT2D eigenvalue weighted by atomic mass is 31.1. The summed E-state index contributed by atoms with van der Waals surface area (Å²) in [5, 5.41) is 2.88. The number of fused-ring (bicyclic) bond motifs is 1. The second kappa shape index (κ2) is 8.36. The maximum absolute atomic E-state index is 2.54. The molecule has 5 rings (SSSR count). The molecule has 3 aromatic carbocycles. The Morgan fingerprint density at radius 2 is 1.42 bits per heavy atom. The normalized spacial score (nSPS) is 17.4. The maximum atomic E-state index is 2.54. The third-order valence-electron chi connectivity index (χ3n) is 6.43. The molecule has 0 fully saturated rings. The number of aryl methyl sites for hydroxylation is 2. The van der Waals surface area contributed by atoms with Crippen LogP contribution in [0.3, 0.4) is 0 Å². The Morgan fingerprint density at radius 1 is 0.839 bits per heavy atom. The molecule has 0 aromatic heterocycles. The van der Waals surface area contributed by atoms with Crippen LogP contribution in [0.15, 0.2) is 96.6 Å². The van der Waals surface area contributed by atoms with E-state index in [9.17, 15) is 0 Å². The highest BCUT2D eigenvalue weighted by Crippen LogP contribution is 2.46. The molecule has 156 valence electrons. The minimum atomic E-state index is -0.497. The molecule has 1 aliphatic heterocycles. The Bertz CT molecular complexity index is 1090. The van der Waals surface area contributed by atoms with Gasteiger partial charge in [0.05, 0.1) is 18.0 Å². The Balaban J connectivity index is 1.47. The number of hydrogen-bond donors (Lipinski definition) is 0. The number of anilines is 2. The first kappa shape index (κ1) is 20.1. The van der Waals surface area contributed by atoms with E-state index >= 15 is 0 Å². The Hall–Kier alpha value is -2.83. The molecular weight excluding hydrogens is 395 g/mol. The van der Waals surface area contributed by atoms with Crippen LogP contribution in [0.1, 0.15) is 11.1 Å². The maximum Gasteiger partial charge on any atom is 0.0904 e. The summed E-state index contributed by atoms with van der Waals surface area (Å²) in [6.45, 7) is 6.33. The van der Waals surface area contributed by atoms with E-state index in [1.54, 1.807) is 0 Å². The van der Waals surface area contributed by atoms with Gasteiger partial charge in [-0.2, -0.15) is 0 Å².